The molecule has 0 radical (unpaired) electrons. The van der Waals surface area contributed by atoms with Crippen molar-refractivity contribution in [1.29, 1.82) is 0 Å². The highest BCUT2D eigenvalue weighted by atomic mass is 35.5. The van der Waals surface area contributed by atoms with E-state index in [2.05, 4.69) is 5.32 Å². The summed E-state index contributed by atoms with van der Waals surface area (Å²) in [5.41, 5.74) is -3.53. The van der Waals surface area contributed by atoms with Crippen LogP contribution in [0.1, 0.15) is 11.1 Å². The third-order valence-electron chi connectivity index (χ3n) is 4.01. The van der Waals surface area contributed by atoms with Gasteiger partial charge >= 0.3 is 12.4 Å². The molecule has 3 aromatic rings. The van der Waals surface area contributed by atoms with Gasteiger partial charge in [-0.15, -0.1) is 0 Å². The highest BCUT2D eigenvalue weighted by Gasteiger charge is 2.33. The van der Waals surface area contributed by atoms with Crippen LogP contribution in [-0.4, -0.2) is 4.57 Å². The molecule has 0 atom stereocenters. The van der Waals surface area contributed by atoms with E-state index in [1.165, 1.54) is 24.3 Å². The van der Waals surface area contributed by atoms with E-state index in [1.807, 2.05) is 0 Å². The van der Waals surface area contributed by atoms with Crippen LogP contribution < -0.4 is 10.9 Å². The number of nitrogens with zero attached hydrogens (tertiary/aromatic N) is 1. The fraction of sp³-hybridized carbons (Fsp3) is 0.105. The van der Waals surface area contributed by atoms with E-state index in [1.54, 1.807) is 0 Å². The Hall–Kier alpha value is -2.65. The Balaban J connectivity index is 2.23. The number of anilines is 2. The monoisotopic (exact) mass is 466 g/mol. The van der Waals surface area contributed by atoms with E-state index in [9.17, 15) is 31.1 Å². The SMILES string of the molecule is O=c1c(Cl)cc(C(F)(F)F)cn1-c1ccc(C(F)(F)F)cc1Nc1ccc(Cl)cc1. The minimum Gasteiger partial charge on any atom is -0.354 e. The summed E-state index contributed by atoms with van der Waals surface area (Å²) >= 11 is 11.4. The summed E-state index contributed by atoms with van der Waals surface area (Å²) < 4.78 is 79.5. The van der Waals surface area contributed by atoms with Gasteiger partial charge in [-0.05, 0) is 48.5 Å². The van der Waals surface area contributed by atoms with Crippen LogP contribution >= 0.6 is 23.2 Å². The minimum absolute atomic E-state index is 0.254. The lowest BCUT2D eigenvalue weighted by Crippen LogP contribution is -2.22. The molecular weight excluding hydrogens is 457 g/mol. The highest BCUT2D eigenvalue weighted by molar-refractivity contribution is 6.30. The Morgan fingerprint density at radius 1 is 0.800 bits per heavy atom. The normalized spacial score (nSPS) is 12.1. The number of aromatic nitrogens is 1. The van der Waals surface area contributed by atoms with E-state index in [4.69, 9.17) is 23.2 Å². The van der Waals surface area contributed by atoms with Crippen molar-refractivity contribution in [3.05, 3.63) is 86.3 Å². The van der Waals surface area contributed by atoms with E-state index in [-0.39, 0.29) is 11.4 Å². The van der Waals surface area contributed by atoms with Gasteiger partial charge in [0.15, 0.2) is 0 Å². The first kappa shape index (κ1) is 22.0. The maximum Gasteiger partial charge on any atom is 0.417 e. The zero-order valence-electron chi connectivity index (χ0n) is 14.6. The minimum atomic E-state index is -4.82. The van der Waals surface area contributed by atoms with Crippen LogP contribution in [0.15, 0.2) is 59.5 Å². The zero-order chi connectivity index (χ0) is 22.3. The maximum atomic E-state index is 13.2. The van der Waals surface area contributed by atoms with Crippen LogP contribution in [0.25, 0.3) is 5.69 Å². The first-order chi connectivity index (χ1) is 13.9. The van der Waals surface area contributed by atoms with Crippen molar-refractivity contribution in [2.75, 3.05) is 5.32 Å². The number of hydrogen-bond acceptors (Lipinski definition) is 2. The summed E-state index contributed by atoms with van der Waals surface area (Å²) in [6.45, 7) is 0. The van der Waals surface area contributed by atoms with Gasteiger partial charge in [0.05, 0.1) is 22.5 Å². The molecule has 0 aliphatic rings. The lowest BCUT2D eigenvalue weighted by atomic mass is 10.1. The molecule has 30 heavy (non-hydrogen) atoms. The molecule has 0 fully saturated rings. The second-order valence-corrected chi connectivity index (χ2v) is 6.95. The van der Waals surface area contributed by atoms with Gasteiger partial charge in [0.25, 0.3) is 5.56 Å². The molecule has 11 heteroatoms. The topological polar surface area (TPSA) is 34.0 Å². The summed E-state index contributed by atoms with van der Waals surface area (Å²) in [5, 5.41) is 2.31. The molecule has 0 unspecified atom stereocenters. The van der Waals surface area contributed by atoms with Gasteiger partial charge in [0.1, 0.15) is 5.02 Å². The molecule has 3 rings (SSSR count). The average molecular weight is 467 g/mol. The van der Waals surface area contributed by atoms with E-state index in [0.29, 0.717) is 39.7 Å². The second kappa shape index (κ2) is 7.88. The van der Waals surface area contributed by atoms with Gasteiger partial charge in [-0.2, -0.15) is 26.3 Å². The number of pyridine rings is 1. The Kier molecular flexibility index (Phi) is 5.79. The van der Waals surface area contributed by atoms with Crippen molar-refractivity contribution in [2.45, 2.75) is 12.4 Å². The summed E-state index contributed by atoms with van der Waals surface area (Å²) in [6, 6.07) is 8.51. The van der Waals surface area contributed by atoms with E-state index < -0.39 is 34.1 Å². The van der Waals surface area contributed by atoms with Gasteiger partial charge in [-0.1, -0.05) is 23.2 Å². The lowest BCUT2D eigenvalue weighted by Gasteiger charge is -2.18. The third-order valence-corrected chi connectivity index (χ3v) is 4.53. The summed E-state index contributed by atoms with van der Waals surface area (Å²) in [5.74, 6) is 0. The Bertz CT molecular complexity index is 1140. The fourth-order valence-corrected chi connectivity index (χ4v) is 2.93. The molecule has 0 saturated heterocycles. The van der Waals surface area contributed by atoms with Crippen LogP contribution in [0.3, 0.4) is 0 Å². The van der Waals surface area contributed by atoms with Crippen molar-refractivity contribution < 1.29 is 26.3 Å². The van der Waals surface area contributed by atoms with Crippen LogP contribution in [0.4, 0.5) is 37.7 Å². The van der Waals surface area contributed by atoms with Gasteiger partial charge in [0, 0.05) is 16.9 Å². The number of nitrogens with one attached hydrogen (secondary N) is 1. The summed E-state index contributed by atoms with van der Waals surface area (Å²) in [4.78, 5) is 12.4. The number of halogens is 8. The average Bonchev–Trinajstić information content (AvgIpc) is 2.64. The van der Waals surface area contributed by atoms with Gasteiger partial charge in [0.2, 0.25) is 0 Å². The molecule has 0 aliphatic carbocycles. The quantitative estimate of drug-likeness (QED) is 0.424. The predicted octanol–water partition coefficient (Wildman–Crippen LogP) is 6.93. The predicted molar refractivity (Wildman–Crippen MR) is 102 cm³/mol. The zero-order valence-corrected chi connectivity index (χ0v) is 16.1. The smallest absolute Gasteiger partial charge is 0.354 e. The molecule has 0 amide bonds. The van der Waals surface area contributed by atoms with Gasteiger partial charge < -0.3 is 5.32 Å². The molecule has 3 nitrogen and oxygen atoms in total. The molecule has 1 aromatic heterocycles. The van der Waals surface area contributed by atoms with Crippen molar-refractivity contribution in [3.8, 4) is 5.69 Å². The molecule has 0 saturated carbocycles. The second-order valence-electron chi connectivity index (χ2n) is 6.11. The lowest BCUT2D eigenvalue weighted by molar-refractivity contribution is -0.138. The van der Waals surface area contributed by atoms with Crippen molar-refractivity contribution in [2.24, 2.45) is 0 Å². The standard InChI is InChI=1S/C19H10Cl2F6N2O/c20-12-2-4-13(5-3-12)28-15-8-10(18(22,23)24)1-6-16(15)29-9-11(19(25,26)27)7-14(21)17(29)30/h1-9,28H. The summed E-state index contributed by atoms with van der Waals surface area (Å²) in [6.07, 6.45) is -9.07. The first-order valence-electron chi connectivity index (χ1n) is 8.10. The number of hydrogen-bond donors (Lipinski definition) is 1. The molecule has 0 spiro atoms. The van der Waals surface area contributed by atoms with Crippen LogP contribution in [0, 0.1) is 0 Å². The van der Waals surface area contributed by atoms with Crippen LogP contribution in [0.2, 0.25) is 10.0 Å². The Morgan fingerprint density at radius 3 is 1.97 bits per heavy atom. The summed E-state index contributed by atoms with van der Waals surface area (Å²) in [7, 11) is 0. The third kappa shape index (κ3) is 4.73. The molecule has 1 heterocycles. The Morgan fingerprint density at radius 2 is 1.40 bits per heavy atom. The van der Waals surface area contributed by atoms with Crippen molar-refractivity contribution >= 4 is 34.6 Å². The maximum absolute atomic E-state index is 13.2. The van der Waals surface area contributed by atoms with Crippen molar-refractivity contribution in [3.63, 3.8) is 0 Å². The van der Waals surface area contributed by atoms with Gasteiger partial charge in [-0.25, -0.2) is 0 Å². The molecule has 1 N–H and O–H groups in total. The molecule has 0 bridgehead atoms. The molecule has 2 aromatic carbocycles. The first-order valence-corrected chi connectivity index (χ1v) is 8.85. The molecule has 0 aliphatic heterocycles. The number of alkyl halides is 6. The van der Waals surface area contributed by atoms with Crippen LogP contribution in [-0.2, 0) is 12.4 Å². The largest absolute Gasteiger partial charge is 0.417 e. The highest BCUT2D eigenvalue weighted by Crippen LogP contribution is 2.36. The van der Waals surface area contributed by atoms with Gasteiger partial charge in [-0.3, -0.25) is 9.36 Å². The fourth-order valence-electron chi connectivity index (χ4n) is 2.59. The van der Waals surface area contributed by atoms with E-state index in [0.717, 1.165) is 6.07 Å². The molecular formula is C19H10Cl2F6N2O. The Labute approximate surface area is 175 Å². The molecule has 158 valence electrons. The number of rotatable bonds is 3. The van der Waals surface area contributed by atoms with Crippen molar-refractivity contribution in [1.82, 2.24) is 4.57 Å². The van der Waals surface area contributed by atoms with E-state index >= 15 is 0 Å². The van der Waals surface area contributed by atoms with Crippen LogP contribution in [0.5, 0.6) is 0 Å². The number of benzene rings is 2.